The lowest BCUT2D eigenvalue weighted by molar-refractivity contribution is 0.00537. The molecular weight excluding hydrogens is 352 g/mol. The number of thiophene rings is 1. The summed E-state index contributed by atoms with van der Waals surface area (Å²) in [7, 11) is -2.43. The SMILES string of the molecule is COC(=O)c1sccc1S(=O)(=O)N1CCCC(N2CCOCC2)C1. The summed E-state index contributed by atoms with van der Waals surface area (Å²) in [5.41, 5.74) is 0. The first-order valence-electron chi connectivity index (χ1n) is 8.02. The highest BCUT2D eigenvalue weighted by molar-refractivity contribution is 7.89. The summed E-state index contributed by atoms with van der Waals surface area (Å²) in [6.07, 6.45) is 1.80. The van der Waals surface area contributed by atoms with Crippen LogP contribution in [0, 0.1) is 0 Å². The normalized spacial score (nSPS) is 24.0. The number of piperidine rings is 1. The van der Waals surface area contributed by atoms with Crippen LogP contribution >= 0.6 is 11.3 Å². The van der Waals surface area contributed by atoms with E-state index in [0.29, 0.717) is 26.3 Å². The largest absolute Gasteiger partial charge is 0.465 e. The number of hydrogen-bond acceptors (Lipinski definition) is 7. The van der Waals surface area contributed by atoms with Crippen LogP contribution in [0.3, 0.4) is 0 Å². The Hall–Kier alpha value is -1.00. The van der Waals surface area contributed by atoms with Crippen molar-refractivity contribution in [1.29, 1.82) is 0 Å². The average molecular weight is 374 g/mol. The van der Waals surface area contributed by atoms with E-state index in [4.69, 9.17) is 9.47 Å². The van der Waals surface area contributed by atoms with Crippen molar-refractivity contribution >= 4 is 27.3 Å². The van der Waals surface area contributed by atoms with Crippen molar-refractivity contribution < 1.29 is 22.7 Å². The quantitative estimate of drug-likeness (QED) is 0.733. The molecule has 2 saturated heterocycles. The maximum Gasteiger partial charge on any atom is 0.349 e. The van der Waals surface area contributed by atoms with Gasteiger partial charge in [0.05, 0.1) is 20.3 Å². The summed E-state index contributed by atoms with van der Waals surface area (Å²) in [5, 5.41) is 1.61. The number of nitrogens with zero attached hydrogens (tertiary/aromatic N) is 2. The van der Waals surface area contributed by atoms with Gasteiger partial charge < -0.3 is 9.47 Å². The Morgan fingerprint density at radius 1 is 1.33 bits per heavy atom. The monoisotopic (exact) mass is 374 g/mol. The number of carbonyl (C=O) groups is 1. The molecule has 2 aliphatic rings. The zero-order valence-corrected chi connectivity index (χ0v) is 15.3. The summed E-state index contributed by atoms with van der Waals surface area (Å²) in [6.45, 7) is 4.01. The summed E-state index contributed by atoms with van der Waals surface area (Å²) >= 11 is 1.09. The van der Waals surface area contributed by atoms with E-state index in [2.05, 4.69) is 4.90 Å². The van der Waals surface area contributed by atoms with Crippen LogP contribution in [0.25, 0.3) is 0 Å². The third kappa shape index (κ3) is 3.50. The van der Waals surface area contributed by atoms with Gasteiger partial charge in [0.1, 0.15) is 9.77 Å². The highest BCUT2D eigenvalue weighted by Gasteiger charge is 2.35. The molecule has 0 spiro atoms. The van der Waals surface area contributed by atoms with Gasteiger partial charge in [0, 0.05) is 32.2 Å². The lowest BCUT2D eigenvalue weighted by Crippen LogP contribution is -2.52. The topological polar surface area (TPSA) is 76.2 Å². The minimum atomic E-state index is -3.69. The minimum absolute atomic E-state index is 0.0574. The van der Waals surface area contributed by atoms with Gasteiger partial charge in [-0.3, -0.25) is 4.90 Å². The molecule has 0 amide bonds. The lowest BCUT2D eigenvalue weighted by atomic mass is 10.1. The number of sulfonamides is 1. The van der Waals surface area contributed by atoms with Gasteiger partial charge in [-0.15, -0.1) is 11.3 Å². The highest BCUT2D eigenvalue weighted by Crippen LogP contribution is 2.29. The molecule has 0 aromatic carbocycles. The zero-order chi connectivity index (χ0) is 17.2. The molecular formula is C15H22N2O5S2. The molecule has 9 heteroatoms. The Kier molecular flexibility index (Phi) is 5.56. The van der Waals surface area contributed by atoms with Crippen LogP contribution in [0.15, 0.2) is 16.3 Å². The molecule has 1 atom stereocenters. The van der Waals surface area contributed by atoms with Crippen LogP contribution in [-0.4, -0.2) is 76.1 Å². The Balaban J connectivity index is 1.79. The second kappa shape index (κ2) is 7.49. The smallest absolute Gasteiger partial charge is 0.349 e. The second-order valence-electron chi connectivity index (χ2n) is 5.91. The van der Waals surface area contributed by atoms with E-state index >= 15 is 0 Å². The van der Waals surface area contributed by atoms with Crippen LogP contribution in [-0.2, 0) is 19.5 Å². The Morgan fingerprint density at radius 3 is 2.79 bits per heavy atom. The molecule has 7 nitrogen and oxygen atoms in total. The number of morpholine rings is 1. The highest BCUT2D eigenvalue weighted by atomic mass is 32.2. The molecule has 134 valence electrons. The average Bonchev–Trinajstić information content (AvgIpc) is 3.12. The maximum atomic E-state index is 13.0. The number of methoxy groups -OCH3 is 1. The fourth-order valence-electron chi connectivity index (χ4n) is 3.26. The second-order valence-corrected chi connectivity index (χ2v) is 8.74. The van der Waals surface area contributed by atoms with Crippen LogP contribution < -0.4 is 0 Å². The Bertz CT molecular complexity index is 682. The van der Waals surface area contributed by atoms with Crippen LogP contribution in [0.5, 0.6) is 0 Å². The predicted molar refractivity (Wildman–Crippen MR) is 89.8 cm³/mol. The number of carbonyl (C=O) groups excluding carboxylic acids is 1. The van der Waals surface area contributed by atoms with Crippen LogP contribution in [0.4, 0.5) is 0 Å². The van der Waals surface area contributed by atoms with Crippen LogP contribution in [0.1, 0.15) is 22.5 Å². The molecule has 1 aromatic heterocycles. The molecule has 0 N–H and O–H groups in total. The molecule has 1 aromatic rings. The standard InChI is InChI=1S/C15H22N2O5S2/c1-21-15(18)14-13(4-10-23-14)24(19,20)17-5-2-3-12(11-17)16-6-8-22-9-7-16/h4,10,12H,2-3,5-9,11H2,1H3. The summed E-state index contributed by atoms with van der Waals surface area (Å²) in [4.78, 5) is 14.3. The summed E-state index contributed by atoms with van der Waals surface area (Å²) < 4.78 is 37.6. The van der Waals surface area contributed by atoms with Gasteiger partial charge in [0.2, 0.25) is 10.0 Å². The zero-order valence-electron chi connectivity index (χ0n) is 13.6. The molecule has 0 aliphatic carbocycles. The molecule has 3 heterocycles. The van der Waals surface area contributed by atoms with Gasteiger partial charge in [0.15, 0.2) is 0 Å². The van der Waals surface area contributed by atoms with Gasteiger partial charge in [0.25, 0.3) is 0 Å². The van der Waals surface area contributed by atoms with Crippen molar-refractivity contribution in [2.24, 2.45) is 0 Å². The van der Waals surface area contributed by atoms with Crippen molar-refractivity contribution in [3.05, 3.63) is 16.3 Å². The van der Waals surface area contributed by atoms with Gasteiger partial charge in [-0.25, -0.2) is 13.2 Å². The Labute approximate surface area is 146 Å². The molecule has 1 unspecified atom stereocenters. The van der Waals surface area contributed by atoms with Crippen LogP contribution in [0.2, 0.25) is 0 Å². The predicted octanol–water partition coefficient (Wildman–Crippen LogP) is 1.02. The third-order valence-electron chi connectivity index (χ3n) is 4.54. The van der Waals surface area contributed by atoms with Crippen molar-refractivity contribution in [1.82, 2.24) is 9.21 Å². The molecule has 3 rings (SSSR count). The summed E-state index contributed by atoms with van der Waals surface area (Å²) in [6, 6.07) is 1.70. The van der Waals surface area contributed by atoms with E-state index in [1.165, 1.54) is 17.5 Å². The number of ether oxygens (including phenoxy) is 2. The third-order valence-corrected chi connectivity index (χ3v) is 7.47. The van der Waals surface area contributed by atoms with Crippen molar-refractivity contribution in [3.8, 4) is 0 Å². The van der Waals surface area contributed by atoms with E-state index in [1.807, 2.05) is 0 Å². The van der Waals surface area contributed by atoms with E-state index in [0.717, 1.165) is 37.3 Å². The molecule has 2 fully saturated rings. The molecule has 0 radical (unpaired) electrons. The molecule has 24 heavy (non-hydrogen) atoms. The lowest BCUT2D eigenvalue weighted by Gasteiger charge is -2.40. The van der Waals surface area contributed by atoms with E-state index in [1.54, 1.807) is 5.38 Å². The molecule has 0 saturated carbocycles. The van der Waals surface area contributed by atoms with E-state index < -0.39 is 16.0 Å². The van der Waals surface area contributed by atoms with Crippen molar-refractivity contribution in [3.63, 3.8) is 0 Å². The first-order valence-corrected chi connectivity index (χ1v) is 10.3. The van der Waals surface area contributed by atoms with Crippen molar-refractivity contribution in [2.45, 2.75) is 23.8 Å². The van der Waals surface area contributed by atoms with Crippen molar-refractivity contribution in [2.75, 3.05) is 46.5 Å². The fraction of sp³-hybridized carbons (Fsp3) is 0.667. The van der Waals surface area contributed by atoms with E-state index in [-0.39, 0.29) is 15.8 Å². The molecule has 2 aliphatic heterocycles. The maximum absolute atomic E-state index is 13.0. The van der Waals surface area contributed by atoms with Gasteiger partial charge in [-0.05, 0) is 24.3 Å². The fourth-order valence-corrected chi connectivity index (χ4v) is 6.09. The number of esters is 1. The molecule has 0 bridgehead atoms. The van der Waals surface area contributed by atoms with E-state index in [9.17, 15) is 13.2 Å². The number of hydrogen-bond donors (Lipinski definition) is 0. The number of rotatable bonds is 4. The first kappa shape index (κ1) is 17.8. The van der Waals surface area contributed by atoms with Gasteiger partial charge in [-0.1, -0.05) is 0 Å². The first-order chi connectivity index (χ1) is 11.5. The van der Waals surface area contributed by atoms with Gasteiger partial charge >= 0.3 is 5.97 Å². The summed E-state index contributed by atoms with van der Waals surface area (Å²) in [5.74, 6) is -0.606. The van der Waals surface area contributed by atoms with Gasteiger partial charge in [-0.2, -0.15) is 4.31 Å². The minimum Gasteiger partial charge on any atom is -0.465 e. The Morgan fingerprint density at radius 2 is 2.08 bits per heavy atom.